The molecule has 1 rings (SSSR count). The lowest BCUT2D eigenvalue weighted by Crippen LogP contribution is -1.94. The maximum absolute atomic E-state index is 10.9. The lowest BCUT2D eigenvalue weighted by molar-refractivity contribution is 0.108. The fourth-order valence-corrected chi connectivity index (χ4v) is 1.38. The number of carbonyl (C=O) groups excluding carboxylic acids is 1. The number of hydrogen-bond acceptors (Lipinski definition) is 2. The van der Waals surface area contributed by atoms with Crippen LogP contribution in [0.4, 0.5) is 0 Å². The third kappa shape index (κ3) is 2.01. The van der Waals surface area contributed by atoms with Gasteiger partial charge in [-0.2, -0.15) is 0 Å². The molecule has 0 heterocycles. The number of benzene rings is 1. The maximum atomic E-state index is 10.9. The lowest BCUT2D eigenvalue weighted by atomic mass is 10.2. The van der Waals surface area contributed by atoms with E-state index in [1.807, 2.05) is 0 Å². The van der Waals surface area contributed by atoms with Gasteiger partial charge >= 0.3 is 0 Å². The molecule has 2 nitrogen and oxygen atoms in total. The standard InChI is InChI=1S/C8H7BrO2S/c1-11-7-3-2-5(9)4-6(7)8(10)12/h2-4H,1H3,(H,10,12). The molecule has 0 aromatic heterocycles. The Morgan fingerprint density at radius 2 is 2.25 bits per heavy atom. The summed E-state index contributed by atoms with van der Waals surface area (Å²) in [6.07, 6.45) is 0. The molecule has 0 aliphatic rings. The van der Waals surface area contributed by atoms with Crippen molar-refractivity contribution in [2.45, 2.75) is 0 Å². The smallest absolute Gasteiger partial charge is 0.220 e. The molecule has 1 aromatic carbocycles. The second-order valence-electron chi connectivity index (χ2n) is 2.15. The molecule has 0 fully saturated rings. The van der Waals surface area contributed by atoms with E-state index in [1.54, 1.807) is 18.2 Å². The van der Waals surface area contributed by atoms with Crippen LogP contribution in [0.3, 0.4) is 0 Å². The van der Waals surface area contributed by atoms with E-state index >= 15 is 0 Å². The molecule has 64 valence electrons. The van der Waals surface area contributed by atoms with Crippen LogP contribution < -0.4 is 4.74 Å². The van der Waals surface area contributed by atoms with Crippen molar-refractivity contribution in [2.24, 2.45) is 0 Å². The van der Waals surface area contributed by atoms with Gasteiger partial charge in [0.15, 0.2) is 0 Å². The average Bonchev–Trinajstić information content (AvgIpc) is 2.04. The Morgan fingerprint density at radius 1 is 1.58 bits per heavy atom. The summed E-state index contributed by atoms with van der Waals surface area (Å²) in [6, 6.07) is 5.20. The molecule has 0 unspecified atom stereocenters. The fourth-order valence-electron chi connectivity index (χ4n) is 0.847. The molecule has 0 saturated heterocycles. The predicted octanol–water partition coefficient (Wildman–Crippen LogP) is 2.53. The van der Waals surface area contributed by atoms with E-state index < -0.39 is 0 Å². The summed E-state index contributed by atoms with van der Waals surface area (Å²) in [5.41, 5.74) is 0.468. The Morgan fingerprint density at radius 3 is 2.75 bits per heavy atom. The van der Waals surface area contributed by atoms with Crippen LogP contribution in [-0.4, -0.2) is 12.2 Å². The molecule has 0 aliphatic heterocycles. The van der Waals surface area contributed by atoms with Gasteiger partial charge in [-0.05, 0) is 18.2 Å². The second-order valence-corrected chi connectivity index (χ2v) is 3.47. The van der Waals surface area contributed by atoms with Crippen molar-refractivity contribution in [1.29, 1.82) is 0 Å². The Balaban J connectivity index is 3.21. The zero-order valence-electron chi connectivity index (χ0n) is 6.37. The minimum atomic E-state index is -0.298. The van der Waals surface area contributed by atoms with E-state index in [4.69, 9.17) is 4.74 Å². The highest BCUT2D eigenvalue weighted by atomic mass is 79.9. The van der Waals surface area contributed by atoms with E-state index in [2.05, 4.69) is 28.6 Å². The Kier molecular flexibility index (Phi) is 3.17. The van der Waals surface area contributed by atoms with Gasteiger partial charge in [0.2, 0.25) is 5.12 Å². The minimum Gasteiger partial charge on any atom is -0.496 e. The highest BCUT2D eigenvalue weighted by Crippen LogP contribution is 2.23. The van der Waals surface area contributed by atoms with Crippen molar-refractivity contribution in [3.8, 4) is 5.75 Å². The van der Waals surface area contributed by atoms with Gasteiger partial charge in [-0.15, -0.1) is 12.6 Å². The molecule has 4 heteroatoms. The molecule has 0 aliphatic carbocycles. The first-order valence-corrected chi connectivity index (χ1v) is 4.46. The van der Waals surface area contributed by atoms with Crippen LogP contribution in [0.5, 0.6) is 5.75 Å². The number of methoxy groups -OCH3 is 1. The highest BCUT2D eigenvalue weighted by Gasteiger charge is 2.08. The zero-order chi connectivity index (χ0) is 9.14. The normalized spacial score (nSPS) is 9.58. The molecule has 0 radical (unpaired) electrons. The summed E-state index contributed by atoms with van der Waals surface area (Å²) in [7, 11) is 1.52. The molecule has 0 N–H and O–H groups in total. The van der Waals surface area contributed by atoms with E-state index in [-0.39, 0.29) is 5.12 Å². The quantitative estimate of drug-likeness (QED) is 0.813. The summed E-state index contributed by atoms with van der Waals surface area (Å²) >= 11 is 6.97. The van der Waals surface area contributed by atoms with Gasteiger partial charge in [0.05, 0.1) is 12.7 Å². The van der Waals surface area contributed by atoms with Gasteiger partial charge in [-0.3, -0.25) is 4.79 Å². The first-order valence-electron chi connectivity index (χ1n) is 3.22. The molecular formula is C8H7BrO2S. The summed E-state index contributed by atoms with van der Waals surface area (Å²) in [4.78, 5) is 10.9. The predicted molar refractivity (Wildman–Crippen MR) is 54.0 cm³/mol. The fraction of sp³-hybridized carbons (Fsp3) is 0.125. The molecular weight excluding hydrogens is 240 g/mol. The van der Waals surface area contributed by atoms with E-state index in [9.17, 15) is 4.79 Å². The van der Waals surface area contributed by atoms with Crippen molar-refractivity contribution < 1.29 is 9.53 Å². The molecule has 0 atom stereocenters. The summed E-state index contributed by atoms with van der Waals surface area (Å²) < 4.78 is 5.81. The zero-order valence-corrected chi connectivity index (χ0v) is 8.85. The maximum Gasteiger partial charge on any atom is 0.220 e. The Labute approximate surface area is 84.5 Å². The molecule has 0 amide bonds. The number of halogens is 1. The minimum absolute atomic E-state index is 0.298. The van der Waals surface area contributed by atoms with Gasteiger partial charge in [0.25, 0.3) is 0 Å². The van der Waals surface area contributed by atoms with Gasteiger partial charge in [-0.25, -0.2) is 0 Å². The number of carbonyl (C=O) groups is 1. The topological polar surface area (TPSA) is 26.3 Å². The number of hydrogen-bond donors (Lipinski definition) is 1. The van der Waals surface area contributed by atoms with Crippen molar-refractivity contribution >= 4 is 33.7 Å². The van der Waals surface area contributed by atoms with Gasteiger partial charge < -0.3 is 4.74 Å². The van der Waals surface area contributed by atoms with Crippen molar-refractivity contribution in [2.75, 3.05) is 7.11 Å². The number of thiol groups is 1. The van der Waals surface area contributed by atoms with Gasteiger partial charge in [0, 0.05) is 4.47 Å². The molecule has 0 spiro atoms. The first kappa shape index (κ1) is 9.61. The average molecular weight is 247 g/mol. The summed E-state index contributed by atoms with van der Waals surface area (Å²) in [5.74, 6) is 0.540. The van der Waals surface area contributed by atoms with Crippen LogP contribution in [0.15, 0.2) is 22.7 Å². The van der Waals surface area contributed by atoms with Crippen LogP contribution in [0.2, 0.25) is 0 Å². The largest absolute Gasteiger partial charge is 0.496 e. The number of rotatable bonds is 2. The lowest BCUT2D eigenvalue weighted by Gasteiger charge is -2.04. The molecule has 1 aromatic rings. The van der Waals surface area contributed by atoms with Crippen molar-refractivity contribution in [3.05, 3.63) is 28.2 Å². The van der Waals surface area contributed by atoms with Gasteiger partial charge in [0.1, 0.15) is 5.75 Å². The molecule has 0 bridgehead atoms. The first-order chi connectivity index (χ1) is 5.65. The number of ether oxygens (including phenoxy) is 1. The van der Waals surface area contributed by atoms with Gasteiger partial charge in [-0.1, -0.05) is 15.9 Å². The van der Waals surface area contributed by atoms with Crippen LogP contribution in [0.25, 0.3) is 0 Å². The Bertz CT molecular complexity index is 312. The monoisotopic (exact) mass is 246 g/mol. The van der Waals surface area contributed by atoms with Crippen LogP contribution in [0.1, 0.15) is 10.4 Å². The molecule has 0 saturated carbocycles. The van der Waals surface area contributed by atoms with E-state index in [0.717, 1.165) is 4.47 Å². The summed E-state index contributed by atoms with van der Waals surface area (Å²) in [5, 5.41) is -0.298. The van der Waals surface area contributed by atoms with Crippen LogP contribution in [0, 0.1) is 0 Å². The third-order valence-electron chi connectivity index (χ3n) is 1.39. The van der Waals surface area contributed by atoms with Crippen LogP contribution >= 0.6 is 28.6 Å². The highest BCUT2D eigenvalue weighted by molar-refractivity contribution is 9.10. The third-order valence-corrected chi connectivity index (χ3v) is 2.13. The Hall–Kier alpha value is -0.480. The van der Waals surface area contributed by atoms with Crippen molar-refractivity contribution in [1.82, 2.24) is 0 Å². The van der Waals surface area contributed by atoms with Crippen LogP contribution in [-0.2, 0) is 0 Å². The summed E-state index contributed by atoms with van der Waals surface area (Å²) in [6.45, 7) is 0. The van der Waals surface area contributed by atoms with E-state index in [1.165, 1.54) is 7.11 Å². The molecule has 12 heavy (non-hydrogen) atoms. The van der Waals surface area contributed by atoms with E-state index in [0.29, 0.717) is 11.3 Å². The van der Waals surface area contributed by atoms with Crippen molar-refractivity contribution in [3.63, 3.8) is 0 Å². The SMILES string of the molecule is COc1ccc(Br)cc1C(=O)S. The second kappa shape index (κ2) is 3.96.